The number of hydrogen-bond donors (Lipinski definition) is 0. The molecule has 0 saturated carbocycles. The van der Waals surface area contributed by atoms with E-state index in [0.717, 1.165) is 39.2 Å². The molecule has 1 aromatic heterocycles. The van der Waals surface area contributed by atoms with Crippen molar-refractivity contribution >= 4 is 28.6 Å². The SMILES string of the molecule is CC(=O)N1C(=O)C(=C(C)c2c(C)c(C)c(C)n2C)c2c(C)c(C)c(C)c(C)c21. The van der Waals surface area contributed by atoms with Crippen LogP contribution in [0.3, 0.4) is 0 Å². The van der Waals surface area contributed by atoms with Crippen LogP contribution in [-0.4, -0.2) is 16.4 Å². The van der Waals surface area contributed by atoms with Crippen LogP contribution < -0.4 is 4.90 Å². The van der Waals surface area contributed by atoms with Gasteiger partial charge < -0.3 is 4.57 Å². The molecule has 0 N–H and O–H groups in total. The maximum atomic E-state index is 13.5. The molecule has 1 aliphatic heterocycles. The van der Waals surface area contributed by atoms with E-state index in [0.29, 0.717) is 5.57 Å². The molecule has 148 valence electrons. The van der Waals surface area contributed by atoms with Gasteiger partial charge in [-0.1, -0.05) is 0 Å². The normalized spacial score (nSPS) is 15.4. The van der Waals surface area contributed by atoms with E-state index < -0.39 is 0 Å². The van der Waals surface area contributed by atoms with Crippen molar-refractivity contribution in [1.29, 1.82) is 0 Å². The summed E-state index contributed by atoms with van der Waals surface area (Å²) >= 11 is 0. The molecule has 0 aliphatic carbocycles. The van der Waals surface area contributed by atoms with Gasteiger partial charge >= 0.3 is 0 Å². The Kier molecular flexibility index (Phi) is 4.65. The van der Waals surface area contributed by atoms with Crippen molar-refractivity contribution < 1.29 is 9.59 Å². The molecule has 1 aromatic carbocycles. The summed E-state index contributed by atoms with van der Waals surface area (Å²) in [5.74, 6) is -0.456. The molecule has 2 aromatic rings. The van der Waals surface area contributed by atoms with Crippen LogP contribution in [0.1, 0.15) is 64.2 Å². The van der Waals surface area contributed by atoms with Gasteiger partial charge in [0.25, 0.3) is 5.91 Å². The molecule has 28 heavy (non-hydrogen) atoms. The fourth-order valence-corrected chi connectivity index (χ4v) is 4.62. The molecule has 2 heterocycles. The summed E-state index contributed by atoms with van der Waals surface area (Å²) in [6.07, 6.45) is 0. The highest BCUT2D eigenvalue weighted by Crippen LogP contribution is 2.47. The van der Waals surface area contributed by atoms with Crippen LogP contribution in [0.15, 0.2) is 0 Å². The predicted octanol–water partition coefficient (Wildman–Crippen LogP) is 5.01. The molecule has 0 spiro atoms. The first kappa shape index (κ1) is 20.1. The Bertz CT molecular complexity index is 1070. The Balaban J connectivity index is 2.50. The summed E-state index contributed by atoms with van der Waals surface area (Å²) in [6, 6.07) is 0. The topological polar surface area (TPSA) is 42.3 Å². The minimum Gasteiger partial charge on any atom is -0.348 e. The highest BCUT2D eigenvalue weighted by molar-refractivity contribution is 6.43. The minimum atomic E-state index is -0.240. The minimum absolute atomic E-state index is 0.216. The zero-order valence-electron chi connectivity index (χ0n) is 18.7. The zero-order chi connectivity index (χ0) is 21.2. The molecular weight excluding hydrogens is 348 g/mol. The molecule has 1 aliphatic rings. The number of carbonyl (C=O) groups is 2. The van der Waals surface area contributed by atoms with E-state index in [-0.39, 0.29) is 11.8 Å². The van der Waals surface area contributed by atoms with E-state index in [1.54, 1.807) is 0 Å². The number of aromatic nitrogens is 1. The number of hydrogen-bond acceptors (Lipinski definition) is 2. The quantitative estimate of drug-likeness (QED) is 0.655. The lowest BCUT2D eigenvalue weighted by atomic mass is 9.88. The van der Waals surface area contributed by atoms with Crippen molar-refractivity contribution in [2.75, 3.05) is 4.90 Å². The van der Waals surface area contributed by atoms with Crippen molar-refractivity contribution in [1.82, 2.24) is 4.57 Å². The summed E-state index contributed by atoms with van der Waals surface area (Å²) in [6.45, 7) is 18.0. The molecule has 3 rings (SSSR count). The third-order valence-corrected chi connectivity index (χ3v) is 6.89. The maximum absolute atomic E-state index is 13.5. The van der Waals surface area contributed by atoms with Gasteiger partial charge in [0.05, 0.1) is 11.3 Å². The Morgan fingerprint density at radius 2 is 1.29 bits per heavy atom. The molecule has 0 radical (unpaired) electrons. The molecule has 0 unspecified atom stereocenters. The highest BCUT2D eigenvalue weighted by Gasteiger charge is 2.40. The van der Waals surface area contributed by atoms with Gasteiger partial charge in [-0.2, -0.15) is 0 Å². The van der Waals surface area contributed by atoms with E-state index in [9.17, 15) is 9.59 Å². The van der Waals surface area contributed by atoms with Crippen LogP contribution in [0.25, 0.3) is 11.1 Å². The number of rotatable bonds is 1. The van der Waals surface area contributed by atoms with Gasteiger partial charge in [-0.15, -0.1) is 0 Å². The monoisotopic (exact) mass is 378 g/mol. The summed E-state index contributed by atoms with van der Waals surface area (Å²) in [5.41, 5.74) is 12.3. The summed E-state index contributed by atoms with van der Waals surface area (Å²) in [5, 5.41) is 0. The lowest BCUT2D eigenvalue weighted by molar-refractivity contribution is -0.122. The summed E-state index contributed by atoms with van der Waals surface area (Å²) in [4.78, 5) is 27.3. The van der Waals surface area contributed by atoms with Gasteiger partial charge in [0.2, 0.25) is 5.91 Å². The van der Waals surface area contributed by atoms with Gasteiger partial charge in [0.1, 0.15) is 0 Å². The van der Waals surface area contributed by atoms with Crippen molar-refractivity contribution in [2.45, 2.75) is 62.3 Å². The first-order valence-corrected chi connectivity index (χ1v) is 9.72. The van der Waals surface area contributed by atoms with Crippen molar-refractivity contribution in [3.05, 3.63) is 50.3 Å². The third-order valence-electron chi connectivity index (χ3n) is 6.89. The Morgan fingerprint density at radius 1 is 0.750 bits per heavy atom. The smallest absolute Gasteiger partial charge is 0.266 e. The van der Waals surface area contributed by atoms with Crippen LogP contribution in [0, 0.1) is 48.5 Å². The summed E-state index contributed by atoms with van der Waals surface area (Å²) < 4.78 is 2.15. The first-order chi connectivity index (χ1) is 12.9. The number of fused-ring (bicyclic) bond motifs is 1. The van der Waals surface area contributed by atoms with Gasteiger partial charge in [-0.25, -0.2) is 4.90 Å². The lowest BCUT2D eigenvalue weighted by Gasteiger charge is -2.19. The number of nitrogens with zero attached hydrogens (tertiary/aromatic N) is 2. The number of imide groups is 1. The van der Waals surface area contributed by atoms with Gasteiger partial charge in [0, 0.05) is 30.9 Å². The molecule has 0 bridgehead atoms. The van der Waals surface area contributed by atoms with E-state index >= 15 is 0 Å². The zero-order valence-corrected chi connectivity index (χ0v) is 18.7. The average Bonchev–Trinajstić information content (AvgIpc) is 3.05. The largest absolute Gasteiger partial charge is 0.348 e. The van der Waals surface area contributed by atoms with Gasteiger partial charge in [-0.3, -0.25) is 9.59 Å². The number of benzene rings is 1. The fourth-order valence-electron chi connectivity index (χ4n) is 4.62. The second kappa shape index (κ2) is 6.47. The Hall–Kier alpha value is -2.62. The van der Waals surface area contributed by atoms with Crippen LogP contribution in [-0.2, 0) is 16.6 Å². The predicted molar refractivity (Wildman–Crippen MR) is 116 cm³/mol. The second-order valence-electron chi connectivity index (χ2n) is 8.13. The number of anilines is 1. The average molecular weight is 379 g/mol. The van der Waals surface area contributed by atoms with E-state index in [4.69, 9.17) is 0 Å². The van der Waals surface area contributed by atoms with E-state index in [1.165, 1.54) is 34.2 Å². The van der Waals surface area contributed by atoms with Gasteiger partial charge in [-0.05, 0) is 94.3 Å². The second-order valence-corrected chi connectivity index (χ2v) is 8.13. The van der Waals surface area contributed by atoms with Gasteiger partial charge in [0.15, 0.2) is 0 Å². The van der Waals surface area contributed by atoms with Crippen LogP contribution in [0.2, 0.25) is 0 Å². The number of amides is 2. The fraction of sp³-hybridized carbons (Fsp3) is 0.417. The molecule has 4 heteroatoms. The summed E-state index contributed by atoms with van der Waals surface area (Å²) in [7, 11) is 2.04. The Morgan fingerprint density at radius 3 is 1.75 bits per heavy atom. The number of allylic oxidation sites excluding steroid dienone is 1. The van der Waals surface area contributed by atoms with Crippen LogP contribution in [0.5, 0.6) is 0 Å². The third kappa shape index (κ3) is 2.43. The van der Waals surface area contributed by atoms with Crippen LogP contribution in [0.4, 0.5) is 5.69 Å². The van der Waals surface area contributed by atoms with E-state index in [1.807, 2.05) is 20.9 Å². The highest BCUT2D eigenvalue weighted by atomic mass is 16.2. The maximum Gasteiger partial charge on any atom is 0.266 e. The van der Waals surface area contributed by atoms with Crippen molar-refractivity contribution in [2.24, 2.45) is 7.05 Å². The van der Waals surface area contributed by atoms with Crippen molar-refractivity contribution in [3.8, 4) is 0 Å². The molecule has 0 atom stereocenters. The van der Waals surface area contributed by atoms with Crippen LogP contribution >= 0.6 is 0 Å². The Labute approximate surface area is 167 Å². The lowest BCUT2D eigenvalue weighted by Crippen LogP contribution is -2.32. The molecule has 0 fully saturated rings. The van der Waals surface area contributed by atoms with E-state index in [2.05, 4.69) is 46.1 Å². The van der Waals surface area contributed by atoms with Crippen molar-refractivity contribution in [3.63, 3.8) is 0 Å². The first-order valence-electron chi connectivity index (χ1n) is 9.72. The molecule has 4 nitrogen and oxygen atoms in total. The number of carbonyl (C=O) groups excluding carboxylic acids is 2. The molecule has 0 saturated heterocycles. The standard InChI is InChI=1S/C24H30N2O2/c1-11-12(2)15(5)23-20(14(11)4)21(24(28)26(23)19(9)27)17(7)22-16(6)13(3)18(8)25(22)10/h1-10H3. The molecular formula is C24H30N2O2. The molecule has 2 amide bonds.